The van der Waals surface area contributed by atoms with Gasteiger partial charge in [-0.05, 0) is 38.4 Å². The van der Waals surface area contributed by atoms with Crippen molar-refractivity contribution in [1.82, 2.24) is 10.6 Å². The van der Waals surface area contributed by atoms with Gasteiger partial charge < -0.3 is 20.1 Å². The number of nitrogens with one attached hydrogen (secondary N) is 2. The molecule has 3 atom stereocenters. The van der Waals surface area contributed by atoms with Crippen molar-refractivity contribution in [3.8, 4) is 11.5 Å². The third-order valence-corrected chi connectivity index (χ3v) is 5.75. The zero-order valence-electron chi connectivity index (χ0n) is 13.9. The molecule has 0 radical (unpaired) electrons. The Balaban J connectivity index is 1.50. The first-order valence-corrected chi connectivity index (χ1v) is 9.76. The highest BCUT2D eigenvalue weighted by Crippen LogP contribution is 2.31. The molecule has 6 nitrogen and oxygen atoms in total. The van der Waals surface area contributed by atoms with Crippen LogP contribution in [0.3, 0.4) is 0 Å². The van der Waals surface area contributed by atoms with E-state index in [2.05, 4.69) is 17.6 Å². The van der Waals surface area contributed by atoms with Gasteiger partial charge in [0.15, 0.2) is 11.5 Å². The first-order valence-electron chi connectivity index (χ1n) is 8.44. The average Bonchev–Trinajstić information content (AvgIpc) is 2.61. The summed E-state index contributed by atoms with van der Waals surface area (Å²) >= 11 is 0. The van der Waals surface area contributed by atoms with Crippen LogP contribution in [-0.2, 0) is 15.6 Å². The average molecular weight is 352 g/mol. The maximum Gasteiger partial charge on any atom is 0.221 e. The Kier molecular flexibility index (Phi) is 5.73. The monoisotopic (exact) mass is 352 g/mol. The molecule has 0 aliphatic carbocycles. The lowest BCUT2D eigenvalue weighted by atomic mass is 10.00. The van der Waals surface area contributed by atoms with Crippen LogP contribution in [0.2, 0.25) is 0 Å². The van der Waals surface area contributed by atoms with Gasteiger partial charge in [0.05, 0.1) is 10.8 Å². The van der Waals surface area contributed by atoms with Crippen molar-refractivity contribution >= 4 is 16.7 Å². The quantitative estimate of drug-likeness (QED) is 0.833. The van der Waals surface area contributed by atoms with Gasteiger partial charge in [-0.2, -0.15) is 0 Å². The van der Waals surface area contributed by atoms with E-state index >= 15 is 0 Å². The number of ether oxygens (including phenoxy) is 2. The van der Waals surface area contributed by atoms with Crippen molar-refractivity contribution in [1.29, 1.82) is 0 Å². The van der Waals surface area contributed by atoms with E-state index in [-0.39, 0.29) is 24.4 Å². The summed E-state index contributed by atoms with van der Waals surface area (Å²) in [5.74, 6) is 1.57. The van der Waals surface area contributed by atoms with Gasteiger partial charge in [0.2, 0.25) is 5.91 Å². The fraction of sp³-hybridized carbons (Fsp3) is 0.588. The normalized spacial score (nSPS) is 24.2. The molecule has 2 aliphatic rings. The van der Waals surface area contributed by atoms with E-state index in [0.717, 1.165) is 19.4 Å². The summed E-state index contributed by atoms with van der Waals surface area (Å²) in [5.41, 5.74) is 0. The molecule has 7 heteroatoms. The fourth-order valence-electron chi connectivity index (χ4n) is 2.99. The zero-order valence-corrected chi connectivity index (χ0v) is 14.7. The van der Waals surface area contributed by atoms with Crippen molar-refractivity contribution in [3.63, 3.8) is 0 Å². The predicted molar refractivity (Wildman–Crippen MR) is 92.0 cm³/mol. The first-order chi connectivity index (χ1) is 11.6. The first kappa shape index (κ1) is 17.2. The molecular weight excluding hydrogens is 328 g/mol. The van der Waals surface area contributed by atoms with E-state index in [1.165, 1.54) is 0 Å². The number of hydrogen-bond donors (Lipinski definition) is 2. The summed E-state index contributed by atoms with van der Waals surface area (Å²) in [6, 6.07) is 5.74. The van der Waals surface area contributed by atoms with E-state index < -0.39 is 10.8 Å². The van der Waals surface area contributed by atoms with Crippen molar-refractivity contribution in [2.75, 3.05) is 25.5 Å². The van der Waals surface area contributed by atoms with Crippen LogP contribution >= 0.6 is 0 Å². The van der Waals surface area contributed by atoms with Crippen LogP contribution in [0, 0.1) is 0 Å². The lowest BCUT2D eigenvalue weighted by molar-refractivity contribution is -0.121. The third-order valence-electron chi connectivity index (χ3n) is 4.40. The van der Waals surface area contributed by atoms with Gasteiger partial charge in [0.1, 0.15) is 13.2 Å². The summed E-state index contributed by atoms with van der Waals surface area (Å²) in [4.78, 5) is 12.8. The maximum absolute atomic E-state index is 12.4. The van der Waals surface area contributed by atoms with E-state index in [4.69, 9.17) is 9.47 Å². The Morgan fingerprint density at radius 3 is 2.92 bits per heavy atom. The highest BCUT2D eigenvalue weighted by molar-refractivity contribution is 7.85. The summed E-state index contributed by atoms with van der Waals surface area (Å²) in [7, 11) is -1.23. The van der Waals surface area contributed by atoms with Gasteiger partial charge in [-0.1, -0.05) is 0 Å². The predicted octanol–water partition coefficient (Wildman–Crippen LogP) is 1.21. The highest BCUT2D eigenvalue weighted by atomic mass is 32.2. The molecule has 1 fully saturated rings. The summed E-state index contributed by atoms with van der Waals surface area (Å²) in [6.45, 7) is 4.11. The van der Waals surface area contributed by atoms with Crippen LogP contribution in [0.1, 0.15) is 26.2 Å². The second-order valence-electron chi connectivity index (χ2n) is 6.16. The molecule has 0 saturated carbocycles. The van der Waals surface area contributed by atoms with Crippen molar-refractivity contribution in [2.24, 2.45) is 0 Å². The SMILES string of the molecule is CC1NCCCC1NC(=O)CCS(=O)c1ccc2c(c1)OCCO2. The van der Waals surface area contributed by atoms with Gasteiger partial charge in [-0.15, -0.1) is 0 Å². The van der Waals surface area contributed by atoms with Crippen LogP contribution < -0.4 is 20.1 Å². The van der Waals surface area contributed by atoms with Crippen LogP contribution in [0.5, 0.6) is 11.5 Å². The summed E-state index contributed by atoms with van der Waals surface area (Å²) < 4.78 is 23.4. The van der Waals surface area contributed by atoms with Gasteiger partial charge in [0.25, 0.3) is 0 Å². The third kappa shape index (κ3) is 4.27. The zero-order chi connectivity index (χ0) is 16.9. The number of fused-ring (bicyclic) bond motifs is 1. The molecule has 24 heavy (non-hydrogen) atoms. The number of carbonyl (C=O) groups is 1. The lowest BCUT2D eigenvalue weighted by Crippen LogP contribution is -2.52. The highest BCUT2D eigenvalue weighted by Gasteiger charge is 2.22. The van der Waals surface area contributed by atoms with Crippen LogP contribution in [-0.4, -0.2) is 47.7 Å². The molecular formula is C17H24N2O4S. The number of piperidine rings is 1. The number of rotatable bonds is 5. The van der Waals surface area contributed by atoms with Crippen LogP contribution in [0.4, 0.5) is 0 Å². The number of benzene rings is 1. The number of carbonyl (C=O) groups excluding carboxylic acids is 1. The minimum Gasteiger partial charge on any atom is -0.486 e. The molecule has 1 saturated heterocycles. The number of amides is 1. The van der Waals surface area contributed by atoms with Gasteiger partial charge in [-0.25, -0.2) is 0 Å². The Morgan fingerprint density at radius 1 is 1.33 bits per heavy atom. The molecule has 2 aliphatic heterocycles. The topological polar surface area (TPSA) is 76.7 Å². The van der Waals surface area contributed by atoms with E-state index in [9.17, 15) is 9.00 Å². The molecule has 1 aromatic carbocycles. The van der Waals surface area contributed by atoms with Crippen molar-refractivity contribution in [3.05, 3.63) is 18.2 Å². The van der Waals surface area contributed by atoms with Crippen LogP contribution in [0.25, 0.3) is 0 Å². The Labute approximate surface area is 144 Å². The fourth-order valence-corrected chi connectivity index (χ4v) is 4.05. The lowest BCUT2D eigenvalue weighted by Gasteiger charge is -2.30. The van der Waals surface area contributed by atoms with Gasteiger partial charge in [0, 0.05) is 35.2 Å². The van der Waals surface area contributed by atoms with E-state index in [0.29, 0.717) is 35.4 Å². The van der Waals surface area contributed by atoms with E-state index in [1.54, 1.807) is 18.2 Å². The molecule has 0 aromatic heterocycles. The van der Waals surface area contributed by atoms with Crippen molar-refractivity contribution in [2.45, 2.75) is 43.2 Å². The minimum absolute atomic E-state index is 0.0403. The summed E-state index contributed by atoms with van der Waals surface area (Å²) in [6.07, 6.45) is 2.31. The molecule has 0 spiro atoms. The molecule has 1 aromatic rings. The second-order valence-corrected chi connectivity index (χ2v) is 7.73. The Hall–Kier alpha value is -1.60. The van der Waals surface area contributed by atoms with E-state index in [1.807, 2.05) is 0 Å². The molecule has 0 bridgehead atoms. The largest absolute Gasteiger partial charge is 0.486 e. The Morgan fingerprint density at radius 2 is 2.12 bits per heavy atom. The minimum atomic E-state index is -1.23. The molecule has 3 unspecified atom stereocenters. The standard InChI is InChI=1S/C17H24N2O4S/c1-12-14(3-2-7-18-12)19-17(20)6-10-24(21)13-4-5-15-16(11-13)23-9-8-22-15/h4-5,11-12,14,18H,2-3,6-10H2,1H3,(H,19,20). The number of hydrogen-bond acceptors (Lipinski definition) is 5. The second kappa shape index (κ2) is 7.98. The Bertz CT molecular complexity index is 623. The molecule has 1 amide bonds. The van der Waals surface area contributed by atoms with Gasteiger partial charge in [-0.3, -0.25) is 9.00 Å². The van der Waals surface area contributed by atoms with Crippen LogP contribution in [0.15, 0.2) is 23.1 Å². The molecule has 2 N–H and O–H groups in total. The van der Waals surface area contributed by atoms with Crippen molar-refractivity contribution < 1.29 is 18.5 Å². The molecule has 132 valence electrons. The maximum atomic E-state index is 12.4. The molecule has 2 heterocycles. The van der Waals surface area contributed by atoms with Gasteiger partial charge >= 0.3 is 0 Å². The smallest absolute Gasteiger partial charge is 0.221 e. The summed E-state index contributed by atoms with van der Waals surface area (Å²) in [5, 5.41) is 6.40. The molecule has 3 rings (SSSR count).